The van der Waals surface area contributed by atoms with E-state index in [1.54, 1.807) is 12.1 Å². The van der Waals surface area contributed by atoms with Crippen molar-refractivity contribution >= 4 is 5.78 Å². The topological polar surface area (TPSA) is 32.8 Å². The van der Waals surface area contributed by atoms with Crippen LogP contribution in [0.25, 0.3) is 0 Å². The summed E-state index contributed by atoms with van der Waals surface area (Å²) in [6, 6.07) is 6.55. The predicted octanol–water partition coefficient (Wildman–Crippen LogP) is 2.59. The largest absolute Gasteiger partial charge is 0.379 e. The van der Waals surface area contributed by atoms with Gasteiger partial charge in [0.25, 0.3) is 0 Å². The van der Waals surface area contributed by atoms with Crippen molar-refractivity contribution in [1.82, 2.24) is 9.80 Å². The lowest BCUT2D eigenvalue weighted by atomic mass is 10.0. The molecular formula is C19H27FN2O2. The summed E-state index contributed by atoms with van der Waals surface area (Å²) in [6.45, 7) is 7.08. The average molecular weight is 334 g/mol. The number of ether oxygens (including phenoxy) is 1. The van der Waals surface area contributed by atoms with Crippen LogP contribution in [0.5, 0.6) is 0 Å². The van der Waals surface area contributed by atoms with Crippen molar-refractivity contribution in [3.63, 3.8) is 0 Å². The molecule has 5 heteroatoms. The van der Waals surface area contributed by atoms with Crippen molar-refractivity contribution in [2.75, 3.05) is 45.9 Å². The first-order valence-corrected chi connectivity index (χ1v) is 9.05. The maximum atomic E-state index is 12.9. The fraction of sp³-hybridized carbons (Fsp3) is 0.632. The minimum absolute atomic E-state index is 0.109. The second-order valence-electron chi connectivity index (χ2n) is 6.75. The molecule has 2 saturated heterocycles. The molecular weight excluding hydrogens is 307 g/mol. The summed E-state index contributed by atoms with van der Waals surface area (Å²) >= 11 is 0. The predicted molar refractivity (Wildman–Crippen MR) is 91.8 cm³/mol. The molecule has 0 unspecified atom stereocenters. The zero-order valence-electron chi connectivity index (χ0n) is 14.3. The SMILES string of the molecule is O=C(CCCN1CCC(N2CCOCC2)CC1)c1ccc(F)cc1. The summed E-state index contributed by atoms with van der Waals surface area (Å²) in [6.07, 6.45) is 3.84. The molecule has 0 N–H and O–H groups in total. The van der Waals surface area contributed by atoms with Crippen LogP contribution in [0.2, 0.25) is 0 Å². The van der Waals surface area contributed by atoms with E-state index in [0.717, 1.165) is 52.4 Å². The van der Waals surface area contributed by atoms with Gasteiger partial charge in [-0.05, 0) is 63.2 Å². The average Bonchev–Trinajstić information content (AvgIpc) is 2.63. The van der Waals surface area contributed by atoms with Crippen molar-refractivity contribution in [3.05, 3.63) is 35.6 Å². The number of carbonyl (C=O) groups is 1. The molecule has 2 fully saturated rings. The van der Waals surface area contributed by atoms with Crippen LogP contribution in [0.1, 0.15) is 36.0 Å². The lowest BCUT2D eigenvalue weighted by Gasteiger charge is -2.40. The fourth-order valence-corrected chi connectivity index (χ4v) is 3.69. The van der Waals surface area contributed by atoms with Crippen LogP contribution in [-0.4, -0.2) is 67.6 Å². The van der Waals surface area contributed by atoms with Gasteiger partial charge in [-0.2, -0.15) is 0 Å². The smallest absolute Gasteiger partial charge is 0.162 e. The number of benzene rings is 1. The first-order chi connectivity index (χ1) is 11.7. The highest BCUT2D eigenvalue weighted by molar-refractivity contribution is 5.95. The molecule has 2 aliphatic heterocycles. The zero-order chi connectivity index (χ0) is 16.8. The number of nitrogens with zero attached hydrogens (tertiary/aromatic N) is 2. The number of halogens is 1. The van der Waals surface area contributed by atoms with E-state index in [1.165, 1.54) is 25.0 Å². The molecule has 0 aromatic heterocycles. The summed E-state index contributed by atoms with van der Waals surface area (Å²) in [5, 5.41) is 0. The number of hydrogen-bond donors (Lipinski definition) is 0. The first kappa shape index (κ1) is 17.5. The van der Waals surface area contributed by atoms with Crippen molar-refractivity contribution < 1.29 is 13.9 Å². The van der Waals surface area contributed by atoms with E-state index < -0.39 is 0 Å². The van der Waals surface area contributed by atoms with Gasteiger partial charge in [-0.15, -0.1) is 0 Å². The molecule has 1 aromatic rings. The summed E-state index contributed by atoms with van der Waals surface area (Å²) in [5.41, 5.74) is 0.613. The van der Waals surface area contributed by atoms with Crippen LogP contribution in [0.3, 0.4) is 0 Å². The number of Topliss-reactive ketones (excluding diaryl/α,β-unsaturated/α-hetero) is 1. The van der Waals surface area contributed by atoms with Crippen LogP contribution in [-0.2, 0) is 4.74 Å². The molecule has 2 aliphatic rings. The van der Waals surface area contributed by atoms with Crippen LogP contribution < -0.4 is 0 Å². The Morgan fingerprint density at radius 3 is 2.42 bits per heavy atom. The zero-order valence-corrected chi connectivity index (χ0v) is 14.3. The van der Waals surface area contributed by atoms with Crippen LogP contribution >= 0.6 is 0 Å². The minimum Gasteiger partial charge on any atom is -0.379 e. The van der Waals surface area contributed by atoms with E-state index in [2.05, 4.69) is 9.80 Å². The Morgan fingerprint density at radius 2 is 1.75 bits per heavy atom. The third-order valence-electron chi connectivity index (χ3n) is 5.16. The van der Waals surface area contributed by atoms with E-state index in [-0.39, 0.29) is 11.6 Å². The quantitative estimate of drug-likeness (QED) is 0.749. The Kier molecular flexibility index (Phi) is 6.35. The van der Waals surface area contributed by atoms with E-state index in [9.17, 15) is 9.18 Å². The van der Waals surface area contributed by atoms with Gasteiger partial charge in [0.1, 0.15) is 5.82 Å². The van der Waals surface area contributed by atoms with Gasteiger partial charge >= 0.3 is 0 Å². The van der Waals surface area contributed by atoms with Crippen molar-refractivity contribution in [3.8, 4) is 0 Å². The molecule has 4 nitrogen and oxygen atoms in total. The number of morpholine rings is 1. The molecule has 0 radical (unpaired) electrons. The number of hydrogen-bond acceptors (Lipinski definition) is 4. The Labute approximate surface area is 143 Å². The van der Waals surface area contributed by atoms with Crippen molar-refractivity contribution in [2.45, 2.75) is 31.7 Å². The third kappa shape index (κ3) is 4.85. The standard InChI is InChI=1S/C19H27FN2O2/c20-17-5-3-16(4-6-17)19(23)2-1-9-21-10-7-18(8-11-21)22-12-14-24-15-13-22/h3-6,18H,1-2,7-15H2. The maximum Gasteiger partial charge on any atom is 0.162 e. The van der Waals surface area contributed by atoms with E-state index >= 15 is 0 Å². The molecule has 0 bridgehead atoms. The van der Waals surface area contributed by atoms with Crippen LogP contribution in [0.4, 0.5) is 4.39 Å². The van der Waals surface area contributed by atoms with Gasteiger partial charge in [0.05, 0.1) is 13.2 Å². The molecule has 0 spiro atoms. The second-order valence-corrected chi connectivity index (χ2v) is 6.75. The number of carbonyl (C=O) groups excluding carboxylic acids is 1. The van der Waals surface area contributed by atoms with E-state index in [0.29, 0.717) is 18.0 Å². The summed E-state index contributed by atoms with van der Waals surface area (Å²) in [7, 11) is 0. The Hall–Kier alpha value is -1.30. The van der Waals surface area contributed by atoms with Gasteiger partial charge in [-0.3, -0.25) is 9.69 Å². The maximum absolute atomic E-state index is 12.9. The molecule has 132 valence electrons. The number of likely N-dealkylation sites (tertiary alicyclic amines) is 1. The minimum atomic E-state index is -0.297. The molecule has 24 heavy (non-hydrogen) atoms. The molecule has 0 atom stereocenters. The third-order valence-corrected chi connectivity index (χ3v) is 5.16. The lowest BCUT2D eigenvalue weighted by molar-refractivity contribution is 0.000839. The molecule has 1 aromatic carbocycles. The van der Waals surface area contributed by atoms with Gasteiger partial charge in [-0.1, -0.05) is 0 Å². The molecule has 0 amide bonds. The molecule has 0 saturated carbocycles. The highest BCUT2D eigenvalue weighted by Crippen LogP contribution is 2.18. The van der Waals surface area contributed by atoms with E-state index in [4.69, 9.17) is 4.74 Å². The Bertz CT molecular complexity index is 521. The van der Waals surface area contributed by atoms with Crippen molar-refractivity contribution in [1.29, 1.82) is 0 Å². The van der Waals surface area contributed by atoms with Gasteiger partial charge < -0.3 is 9.64 Å². The second kappa shape index (κ2) is 8.70. The van der Waals surface area contributed by atoms with Crippen LogP contribution in [0, 0.1) is 5.82 Å². The summed E-state index contributed by atoms with van der Waals surface area (Å²) in [5.74, 6) is -0.187. The lowest BCUT2D eigenvalue weighted by Crippen LogP contribution is -2.49. The number of piperidine rings is 1. The van der Waals surface area contributed by atoms with Gasteiger partial charge in [0, 0.05) is 31.1 Å². The normalized spacial score (nSPS) is 21.0. The monoisotopic (exact) mass is 334 g/mol. The van der Waals surface area contributed by atoms with Gasteiger partial charge in [0.2, 0.25) is 0 Å². The molecule has 2 heterocycles. The number of ketones is 1. The first-order valence-electron chi connectivity index (χ1n) is 9.05. The van der Waals surface area contributed by atoms with E-state index in [1.807, 2.05) is 0 Å². The van der Waals surface area contributed by atoms with Gasteiger partial charge in [0.15, 0.2) is 5.78 Å². The van der Waals surface area contributed by atoms with Crippen molar-refractivity contribution in [2.24, 2.45) is 0 Å². The fourth-order valence-electron chi connectivity index (χ4n) is 3.69. The van der Waals surface area contributed by atoms with Gasteiger partial charge in [-0.25, -0.2) is 4.39 Å². The summed E-state index contributed by atoms with van der Waals surface area (Å²) < 4.78 is 18.3. The Balaban J connectivity index is 1.34. The highest BCUT2D eigenvalue weighted by atomic mass is 19.1. The molecule has 0 aliphatic carbocycles. The van der Waals surface area contributed by atoms with Crippen LogP contribution in [0.15, 0.2) is 24.3 Å². The Morgan fingerprint density at radius 1 is 1.08 bits per heavy atom. The summed E-state index contributed by atoms with van der Waals surface area (Å²) in [4.78, 5) is 17.1. The molecule has 3 rings (SSSR count). The number of rotatable bonds is 6. The highest BCUT2D eigenvalue weighted by Gasteiger charge is 2.25.